The SMILES string of the molecule is CCc1nc2sc(C(=O)O)cc2c(=O)[nH]1. The van der Waals surface area contributed by atoms with Gasteiger partial charge in [0.2, 0.25) is 0 Å². The van der Waals surface area contributed by atoms with Crippen molar-refractivity contribution in [1.82, 2.24) is 9.97 Å². The molecule has 0 amide bonds. The van der Waals surface area contributed by atoms with Crippen molar-refractivity contribution in [2.45, 2.75) is 13.3 Å². The Bertz CT molecular complexity index is 585. The van der Waals surface area contributed by atoms with Crippen LogP contribution in [0.15, 0.2) is 10.9 Å². The second-order valence-electron chi connectivity index (χ2n) is 3.00. The monoisotopic (exact) mass is 224 g/mol. The fraction of sp³-hybridized carbons (Fsp3) is 0.222. The summed E-state index contributed by atoms with van der Waals surface area (Å²) in [5.74, 6) is -0.457. The van der Waals surface area contributed by atoms with Gasteiger partial charge in [0.25, 0.3) is 5.56 Å². The summed E-state index contributed by atoms with van der Waals surface area (Å²) in [5.41, 5.74) is -0.277. The number of aromatic nitrogens is 2. The van der Waals surface area contributed by atoms with E-state index in [-0.39, 0.29) is 10.4 Å². The van der Waals surface area contributed by atoms with Crippen LogP contribution in [-0.4, -0.2) is 21.0 Å². The third kappa shape index (κ3) is 1.63. The standard InChI is InChI=1S/C9H8N2O3S/c1-2-6-10-7(12)4-3-5(9(13)14)15-8(4)11-6/h3H,2H2,1H3,(H,13,14)(H,10,11,12). The van der Waals surface area contributed by atoms with Gasteiger partial charge in [-0.1, -0.05) is 6.92 Å². The molecule has 2 heterocycles. The lowest BCUT2D eigenvalue weighted by Crippen LogP contribution is -2.09. The van der Waals surface area contributed by atoms with Gasteiger partial charge in [0.05, 0.1) is 5.39 Å². The molecule has 2 N–H and O–H groups in total. The summed E-state index contributed by atoms with van der Waals surface area (Å²) in [6.07, 6.45) is 0.617. The summed E-state index contributed by atoms with van der Waals surface area (Å²) in [5, 5.41) is 9.12. The van der Waals surface area contributed by atoms with E-state index >= 15 is 0 Å². The number of H-pyrrole nitrogens is 1. The van der Waals surface area contributed by atoms with Gasteiger partial charge in [-0.2, -0.15) is 0 Å². The lowest BCUT2D eigenvalue weighted by atomic mass is 10.3. The predicted octanol–water partition coefficient (Wildman–Crippen LogP) is 1.25. The first kappa shape index (κ1) is 9.85. The topological polar surface area (TPSA) is 83.0 Å². The number of hydrogen-bond acceptors (Lipinski definition) is 4. The number of nitrogens with zero attached hydrogens (tertiary/aromatic N) is 1. The zero-order valence-electron chi connectivity index (χ0n) is 7.90. The number of carbonyl (C=O) groups is 1. The fourth-order valence-corrected chi connectivity index (χ4v) is 2.14. The molecular formula is C9H8N2O3S. The molecule has 0 unspecified atom stereocenters. The van der Waals surface area contributed by atoms with E-state index in [1.165, 1.54) is 6.07 Å². The minimum atomic E-state index is -1.03. The van der Waals surface area contributed by atoms with Crippen LogP contribution >= 0.6 is 11.3 Å². The molecule has 0 aliphatic carbocycles. The van der Waals surface area contributed by atoms with Crippen molar-refractivity contribution in [3.63, 3.8) is 0 Å². The minimum absolute atomic E-state index is 0.135. The maximum absolute atomic E-state index is 11.5. The molecule has 2 aromatic rings. The maximum Gasteiger partial charge on any atom is 0.345 e. The molecule has 2 rings (SSSR count). The number of carboxylic acid groups (broad SMARTS) is 1. The third-order valence-corrected chi connectivity index (χ3v) is 3.01. The van der Waals surface area contributed by atoms with Crippen molar-refractivity contribution in [3.05, 3.63) is 27.1 Å². The van der Waals surface area contributed by atoms with E-state index in [4.69, 9.17) is 5.11 Å². The van der Waals surface area contributed by atoms with Gasteiger partial charge in [-0.15, -0.1) is 11.3 Å². The van der Waals surface area contributed by atoms with Gasteiger partial charge in [-0.05, 0) is 6.07 Å². The Morgan fingerprint density at radius 3 is 3.00 bits per heavy atom. The van der Waals surface area contributed by atoms with Crippen LogP contribution in [0.3, 0.4) is 0 Å². The van der Waals surface area contributed by atoms with Crippen molar-refractivity contribution in [2.24, 2.45) is 0 Å². The van der Waals surface area contributed by atoms with Crippen LogP contribution in [0.5, 0.6) is 0 Å². The second-order valence-corrected chi connectivity index (χ2v) is 4.03. The number of aryl methyl sites for hydroxylation is 1. The molecular weight excluding hydrogens is 216 g/mol. The van der Waals surface area contributed by atoms with Crippen LogP contribution in [0.25, 0.3) is 10.2 Å². The van der Waals surface area contributed by atoms with E-state index in [2.05, 4.69) is 9.97 Å². The highest BCUT2D eigenvalue weighted by atomic mass is 32.1. The Kier molecular flexibility index (Phi) is 2.28. The van der Waals surface area contributed by atoms with Crippen molar-refractivity contribution in [2.75, 3.05) is 0 Å². The highest BCUT2D eigenvalue weighted by molar-refractivity contribution is 7.20. The summed E-state index contributed by atoms with van der Waals surface area (Å²) in [7, 11) is 0. The molecule has 15 heavy (non-hydrogen) atoms. The van der Waals surface area contributed by atoms with Crippen LogP contribution in [-0.2, 0) is 6.42 Å². The van der Waals surface area contributed by atoms with E-state index < -0.39 is 5.97 Å². The first-order chi connectivity index (χ1) is 7.11. The number of aromatic amines is 1. The summed E-state index contributed by atoms with van der Waals surface area (Å²) in [6, 6.07) is 1.35. The van der Waals surface area contributed by atoms with Gasteiger partial charge < -0.3 is 10.1 Å². The van der Waals surface area contributed by atoms with Crippen LogP contribution in [0.1, 0.15) is 22.4 Å². The van der Waals surface area contributed by atoms with Gasteiger partial charge in [0, 0.05) is 6.42 Å². The first-order valence-electron chi connectivity index (χ1n) is 4.38. The number of fused-ring (bicyclic) bond motifs is 1. The molecule has 0 atom stereocenters. The average molecular weight is 224 g/mol. The van der Waals surface area contributed by atoms with Gasteiger partial charge >= 0.3 is 5.97 Å². The molecule has 0 spiro atoms. The number of rotatable bonds is 2. The zero-order valence-corrected chi connectivity index (χ0v) is 8.72. The van der Waals surface area contributed by atoms with E-state index in [1.54, 1.807) is 0 Å². The molecule has 0 aliphatic heterocycles. The molecule has 0 fully saturated rings. The number of nitrogens with one attached hydrogen (secondary N) is 1. The molecule has 0 aromatic carbocycles. The van der Waals surface area contributed by atoms with Crippen LogP contribution in [0.4, 0.5) is 0 Å². The van der Waals surface area contributed by atoms with Crippen molar-refractivity contribution >= 4 is 27.5 Å². The van der Waals surface area contributed by atoms with Gasteiger partial charge in [-0.25, -0.2) is 9.78 Å². The number of thiophene rings is 1. The lowest BCUT2D eigenvalue weighted by molar-refractivity contribution is 0.0702. The highest BCUT2D eigenvalue weighted by Gasteiger charge is 2.12. The summed E-state index contributed by atoms with van der Waals surface area (Å²) >= 11 is 1.02. The molecule has 5 nitrogen and oxygen atoms in total. The maximum atomic E-state index is 11.5. The Morgan fingerprint density at radius 1 is 1.67 bits per heavy atom. The molecule has 0 aliphatic rings. The first-order valence-corrected chi connectivity index (χ1v) is 5.19. The number of carboxylic acids is 1. The molecule has 78 valence electrons. The summed E-state index contributed by atoms with van der Waals surface area (Å²) < 4.78 is 0. The van der Waals surface area contributed by atoms with Gasteiger partial charge in [0.1, 0.15) is 15.5 Å². The lowest BCUT2D eigenvalue weighted by Gasteiger charge is -1.94. The quantitative estimate of drug-likeness (QED) is 0.804. The Balaban J connectivity index is 2.75. The average Bonchev–Trinajstić information content (AvgIpc) is 2.61. The largest absolute Gasteiger partial charge is 0.477 e. The third-order valence-electron chi connectivity index (χ3n) is 2.00. The highest BCUT2D eigenvalue weighted by Crippen LogP contribution is 2.20. The number of hydrogen-bond donors (Lipinski definition) is 2. The summed E-state index contributed by atoms with van der Waals surface area (Å²) in [4.78, 5) is 29.6. The second kappa shape index (κ2) is 3.47. The predicted molar refractivity (Wildman–Crippen MR) is 56.6 cm³/mol. The molecule has 6 heteroatoms. The number of aromatic carboxylic acids is 1. The Morgan fingerprint density at radius 2 is 2.40 bits per heavy atom. The van der Waals surface area contributed by atoms with Crippen LogP contribution < -0.4 is 5.56 Å². The van der Waals surface area contributed by atoms with Crippen molar-refractivity contribution < 1.29 is 9.90 Å². The van der Waals surface area contributed by atoms with Gasteiger partial charge in [-0.3, -0.25) is 4.79 Å². The molecule has 0 saturated heterocycles. The normalized spacial score (nSPS) is 10.7. The fourth-order valence-electron chi connectivity index (χ4n) is 1.25. The van der Waals surface area contributed by atoms with E-state index in [9.17, 15) is 9.59 Å². The minimum Gasteiger partial charge on any atom is -0.477 e. The van der Waals surface area contributed by atoms with E-state index in [0.29, 0.717) is 22.5 Å². The Hall–Kier alpha value is -1.69. The zero-order chi connectivity index (χ0) is 11.0. The Labute approximate surface area is 88.4 Å². The van der Waals surface area contributed by atoms with E-state index in [0.717, 1.165) is 11.3 Å². The molecule has 0 saturated carbocycles. The van der Waals surface area contributed by atoms with Gasteiger partial charge in [0.15, 0.2) is 0 Å². The van der Waals surface area contributed by atoms with E-state index in [1.807, 2.05) is 6.92 Å². The van der Waals surface area contributed by atoms with Crippen molar-refractivity contribution in [3.8, 4) is 0 Å². The summed E-state index contributed by atoms with van der Waals surface area (Å²) in [6.45, 7) is 1.87. The molecule has 0 bridgehead atoms. The molecule has 0 radical (unpaired) electrons. The van der Waals surface area contributed by atoms with Crippen LogP contribution in [0, 0.1) is 0 Å². The van der Waals surface area contributed by atoms with Crippen LogP contribution in [0.2, 0.25) is 0 Å². The van der Waals surface area contributed by atoms with Crippen molar-refractivity contribution in [1.29, 1.82) is 0 Å². The molecule has 2 aromatic heterocycles. The smallest absolute Gasteiger partial charge is 0.345 e.